The highest BCUT2D eigenvalue weighted by Gasteiger charge is 2.17. The number of furan rings is 1. The Morgan fingerprint density at radius 1 is 0.513 bits per heavy atom. The molecule has 0 saturated carbocycles. The van der Waals surface area contributed by atoms with Crippen LogP contribution in [-0.4, -0.2) is 4.57 Å². The molecule has 182 valence electrons. The van der Waals surface area contributed by atoms with Crippen LogP contribution >= 0.6 is 11.3 Å². The number of hydrogen-bond donors (Lipinski definition) is 0. The van der Waals surface area contributed by atoms with E-state index >= 15 is 0 Å². The average molecular weight is 516 g/mol. The van der Waals surface area contributed by atoms with E-state index in [4.69, 9.17) is 4.42 Å². The first kappa shape index (κ1) is 21.1. The summed E-state index contributed by atoms with van der Waals surface area (Å²) in [7, 11) is 0. The summed E-state index contributed by atoms with van der Waals surface area (Å²) >= 11 is 1.87. The standard InChI is InChI=1S/C36H21NOS/c1-4-15-30-24(9-1)25-10-2-5-16-31(25)37(30)32-17-8-14-28-29-21-22(19-20-34(29)39-36(28)32)23-12-7-13-27-26-11-3-6-18-33(26)38-35(23)27/h1-21H. The topological polar surface area (TPSA) is 18.1 Å². The van der Waals surface area contributed by atoms with Gasteiger partial charge >= 0.3 is 0 Å². The quantitative estimate of drug-likeness (QED) is 0.224. The van der Waals surface area contributed by atoms with Gasteiger partial charge in [0.05, 0.1) is 21.4 Å². The first-order chi connectivity index (χ1) is 19.3. The molecular weight excluding hydrogens is 494 g/mol. The second-order valence-electron chi connectivity index (χ2n) is 10.1. The lowest BCUT2D eigenvalue weighted by molar-refractivity contribution is 0.670. The van der Waals surface area contributed by atoms with E-state index in [-0.39, 0.29) is 0 Å². The maximum atomic E-state index is 6.37. The van der Waals surface area contributed by atoms with Crippen LogP contribution in [0.1, 0.15) is 0 Å². The molecule has 3 heteroatoms. The Morgan fingerprint density at radius 2 is 1.18 bits per heavy atom. The van der Waals surface area contributed by atoms with Gasteiger partial charge in [-0.25, -0.2) is 0 Å². The molecule has 6 aromatic carbocycles. The Hall–Kier alpha value is -4.86. The van der Waals surface area contributed by atoms with E-state index in [0.29, 0.717) is 0 Å². The van der Waals surface area contributed by atoms with Crippen molar-refractivity contribution in [3.05, 3.63) is 127 Å². The third-order valence-corrected chi connectivity index (χ3v) is 9.22. The van der Waals surface area contributed by atoms with Crippen molar-refractivity contribution in [3.63, 3.8) is 0 Å². The fourth-order valence-electron chi connectivity index (χ4n) is 6.28. The van der Waals surface area contributed by atoms with Crippen molar-refractivity contribution in [3.8, 4) is 16.8 Å². The fourth-order valence-corrected chi connectivity index (χ4v) is 7.47. The molecule has 3 heterocycles. The Balaban J connectivity index is 1.31. The van der Waals surface area contributed by atoms with Gasteiger partial charge in [-0.15, -0.1) is 11.3 Å². The number of rotatable bonds is 2. The minimum Gasteiger partial charge on any atom is -0.455 e. The first-order valence-corrected chi connectivity index (χ1v) is 14.0. The van der Waals surface area contributed by atoms with Crippen molar-refractivity contribution in [1.29, 1.82) is 0 Å². The van der Waals surface area contributed by atoms with Crippen LogP contribution < -0.4 is 0 Å². The number of para-hydroxylation sites is 4. The molecule has 39 heavy (non-hydrogen) atoms. The number of aromatic nitrogens is 1. The molecule has 0 aliphatic heterocycles. The van der Waals surface area contributed by atoms with Crippen molar-refractivity contribution in [2.75, 3.05) is 0 Å². The molecule has 0 radical (unpaired) electrons. The first-order valence-electron chi connectivity index (χ1n) is 13.2. The second kappa shape index (κ2) is 7.83. The second-order valence-corrected chi connectivity index (χ2v) is 11.2. The molecule has 0 saturated heterocycles. The van der Waals surface area contributed by atoms with Gasteiger partial charge in [-0.3, -0.25) is 0 Å². The largest absolute Gasteiger partial charge is 0.455 e. The molecule has 3 aromatic heterocycles. The molecule has 0 unspecified atom stereocenters. The van der Waals surface area contributed by atoms with E-state index in [9.17, 15) is 0 Å². The van der Waals surface area contributed by atoms with E-state index in [1.807, 2.05) is 23.5 Å². The number of benzene rings is 6. The van der Waals surface area contributed by atoms with Gasteiger partial charge in [0.15, 0.2) is 0 Å². The van der Waals surface area contributed by atoms with Gasteiger partial charge in [0, 0.05) is 42.6 Å². The van der Waals surface area contributed by atoms with Crippen molar-refractivity contribution < 1.29 is 4.42 Å². The lowest BCUT2D eigenvalue weighted by Crippen LogP contribution is -1.93. The predicted molar refractivity (Wildman–Crippen MR) is 166 cm³/mol. The van der Waals surface area contributed by atoms with E-state index in [0.717, 1.165) is 27.5 Å². The molecule has 2 nitrogen and oxygen atoms in total. The Labute approximate surface area is 227 Å². The van der Waals surface area contributed by atoms with Crippen LogP contribution in [0.2, 0.25) is 0 Å². The molecule has 0 N–H and O–H groups in total. The Morgan fingerprint density at radius 3 is 2.00 bits per heavy atom. The monoisotopic (exact) mass is 515 g/mol. The van der Waals surface area contributed by atoms with Gasteiger partial charge < -0.3 is 8.98 Å². The molecule has 0 atom stereocenters. The highest BCUT2D eigenvalue weighted by atomic mass is 32.1. The molecule has 0 aliphatic rings. The molecule has 0 fully saturated rings. The normalized spacial score (nSPS) is 12.1. The average Bonchev–Trinajstić information content (AvgIpc) is 3.66. The number of hydrogen-bond acceptors (Lipinski definition) is 2. The van der Waals surface area contributed by atoms with E-state index in [2.05, 4.69) is 120 Å². The zero-order valence-corrected chi connectivity index (χ0v) is 21.7. The van der Waals surface area contributed by atoms with Gasteiger partial charge in [0.25, 0.3) is 0 Å². The molecule has 9 aromatic rings. The van der Waals surface area contributed by atoms with Crippen molar-refractivity contribution >= 4 is 75.3 Å². The highest BCUT2D eigenvalue weighted by molar-refractivity contribution is 7.26. The summed E-state index contributed by atoms with van der Waals surface area (Å²) in [5, 5.41) is 7.45. The number of thiophene rings is 1. The summed E-state index contributed by atoms with van der Waals surface area (Å²) in [5.41, 5.74) is 7.88. The van der Waals surface area contributed by atoms with Crippen LogP contribution in [0, 0.1) is 0 Å². The Kier molecular flexibility index (Phi) is 4.24. The summed E-state index contributed by atoms with van der Waals surface area (Å²) in [5.74, 6) is 0. The van der Waals surface area contributed by atoms with E-state index < -0.39 is 0 Å². The molecule has 9 rings (SSSR count). The maximum Gasteiger partial charge on any atom is 0.143 e. The number of nitrogens with zero attached hydrogens (tertiary/aromatic N) is 1. The van der Waals surface area contributed by atoms with E-state index in [1.54, 1.807) is 0 Å². The Bertz CT molecular complexity index is 2350. The lowest BCUT2D eigenvalue weighted by Gasteiger charge is -2.09. The maximum absolute atomic E-state index is 6.37. The summed E-state index contributed by atoms with van der Waals surface area (Å²) in [6.07, 6.45) is 0. The van der Waals surface area contributed by atoms with Gasteiger partial charge in [0.2, 0.25) is 0 Å². The fraction of sp³-hybridized carbons (Fsp3) is 0. The third-order valence-electron chi connectivity index (χ3n) is 8.01. The SMILES string of the molecule is c1ccc2c(c1)oc1c(-c3ccc4sc5c(-n6c7ccccc7c7ccccc76)cccc5c4c3)cccc12. The van der Waals surface area contributed by atoms with Gasteiger partial charge in [0.1, 0.15) is 11.2 Å². The van der Waals surface area contributed by atoms with E-state index in [1.165, 1.54) is 53.2 Å². The van der Waals surface area contributed by atoms with Crippen LogP contribution in [0.5, 0.6) is 0 Å². The van der Waals surface area contributed by atoms with Crippen LogP contribution in [0.15, 0.2) is 132 Å². The summed E-state index contributed by atoms with van der Waals surface area (Å²) in [6, 6.07) is 45.7. The van der Waals surface area contributed by atoms with Crippen LogP contribution in [-0.2, 0) is 0 Å². The zero-order chi connectivity index (χ0) is 25.5. The predicted octanol–water partition coefficient (Wildman–Crippen LogP) is 10.7. The van der Waals surface area contributed by atoms with Crippen molar-refractivity contribution in [1.82, 2.24) is 4.57 Å². The third kappa shape index (κ3) is 2.91. The molecular formula is C36H21NOS. The van der Waals surface area contributed by atoms with Crippen molar-refractivity contribution in [2.45, 2.75) is 0 Å². The summed E-state index contributed by atoms with van der Waals surface area (Å²) < 4.78 is 11.4. The minimum absolute atomic E-state index is 0.929. The number of fused-ring (bicyclic) bond motifs is 9. The molecule has 0 spiro atoms. The molecule has 0 aliphatic carbocycles. The van der Waals surface area contributed by atoms with Crippen LogP contribution in [0.25, 0.3) is 80.7 Å². The highest BCUT2D eigenvalue weighted by Crippen LogP contribution is 2.43. The molecule has 0 bridgehead atoms. The smallest absolute Gasteiger partial charge is 0.143 e. The summed E-state index contributed by atoms with van der Waals surface area (Å²) in [4.78, 5) is 0. The van der Waals surface area contributed by atoms with Gasteiger partial charge in [-0.05, 0) is 42.0 Å². The van der Waals surface area contributed by atoms with Gasteiger partial charge in [-0.1, -0.05) is 91.0 Å². The van der Waals surface area contributed by atoms with Crippen molar-refractivity contribution in [2.24, 2.45) is 0 Å². The van der Waals surface area contributed by atoms with Crippen LogP contribution in [0.4, 0.5) is 0 Å². The summed E-state index contributed by atoms with van der Waals surface area (Å²) in [6.45, 7) is 0. The van der Waals surface area contributed by atoms with Gasteiger partial charge in [-0.2, -0.15) is 0 Å². The molecule has 0 amide bonds. The lowest BCUT2D eigenvalue weighted by atomic mass is 10.0. The zero-order valence-electron chi connectivity index (χ0n) is 20.9. The minimum atomic E-state index is 0.929. The van der Waals surface area contributed by atoms with Crippen LogP contribution in [0.3, 0.4) is 0 Å².